The summed E-state index contributed by atoms with van der Waals surface area (Å²) >= 11 is 1.57. The zero-order chi connectivity index (χ0) is 18.0. The molecule has 2 aromatic rings. The maximum atomic E-state index is 13.8. The van der Waals surface area contributed by atoms with Gasteiger partial charge in [0.15, 0.2) is 0 Å². The van der Waals surface area contributed by atoms with Gasteiger partial charge in [-0.15, -0.1) is 0 Å². The van der Waals surface area contributed by atoms with Gasteiger partial charge in [0.25, 0.3) is 0 Å². The lowest BCUT2D eigenvalue weighted by atomic mass is 10.1. The van der Waals surface area contributed by atoms with Gasteiger partial charge in [-0.05, 0) is 54.3 Å². The Bertz CT molecular complexity index is 853. The number of carbonyl (C=O) groups is 1. The third-order valence-corrected chi connectivity index (χ3v) is 6.57. The lowest BCUT2D eigenvalue weighted by Crippen LogP contribution is -2.46. The highest BCUT2D eigenvalue weighted by Gasteiger charge is 2.34. The number of benzene rings is 1. The van der Waals surface area contributed by atoms with Crippen molar-refractivity contribution in [2.75, 3.05) is 6.54 Å². The number of amides is 1. The second-order valence-electron chi connectivity index (χ2n) is 6.02. The van der Waals surface area contributed by atoms with Crippen molar-refractivity contribution in [3.8, 4) is 0 Å². The molecule has 1 saturated heterocycles. The Morgan fingerprint density at radius 2 is 2.12 bits per heavy atom. The molecule has 3 rings (SSSR count). The predicted molar refractivity (Wildman–Crippen MR) is 94.2 cm³/mol. The Labute approximate surface area is 150 Å². The van der Waals surface area contributed by atoms with E-state index in [2.05, 4.69) is 4.72 Å². The van der Waals surface area contributed by atoms with E-state index in [1.807, 2.05) is 16.8 Å². The molecule has 1 N–H and O–H groups in total. The second kappa shape index (κ2) is 7.23. The van der Waals surface area contributed by atoms with Gasteiger partial charge in [-0.3, -0.25) is 4.79 Å². The molecule has 1 aromatic carbocycles. The van der Waals surface area contributed by atoms with E-state index in [0.29, 0.717) is 6.54 Å². The van der Waals surface area contributed by atoms with Crippen LogP contribution in [0.15, 0.2) is 46.0 Å². The average Bonchev–Trinajstić information content (AvgIpc) is 3.24. The molecular formula is C17H19FN2O3S2. The summed E-state index contributed by atoms with van der Waals surface area (Å²) < 4.78 is 40.8. The molecule has 2 heterocycles. The molecule has 25 heavy (non-hydrogen) atoms. The molecule has 8 heteroatoms. The largest absolute Gasteiger partial charge is 0.334 e. The Kier molecular flexibility index (Phi) is 5.21. The average molecular weight is 382 g/mol. The standard InChI is InChI=1S/C17H19FN2O3S2/c1-12(19-25(22,23)16-7-3-2-5-14(16)18)17(21)20-9-4-6-15(20)13-8-10-24-11-13/h2-3,5,7-8,10-12,15,19H,4,6,9H2,1H3/t12-,15?/m1/s1. The maximum Gasteiger partial charge on any atom is 0.244 e. The van der Waals surface area contributed by atoms with Crippen LogP contribution in [-0.4, -0.2) is 31.8 Å². The molecule has 0 aliphatic carbocycles. The van der Waals surface area contributed by atoms with Crippen LogP contribution in [0, 0.1) is 5.82 Å². The molecule has 1 fully saturated rings. The summed E-state index contributed by atoms with van der Waals surface area (Å²) in [5.74, 6) is -1.14. The molecule has 0 bridgehead atoms. The summed E-state index contributed by atoms with van der Waals surface area (Å²) in [6.45, 7) is 2.08. The summed E-state index contributed by atoms with van der Waals surface area (Å²) in [5.41, 5.74) is 1.07. The Balaban J connectivity index is 1.75. The number of carbonyl (C=O) groups excluding carboxylic acids is 1. The third-order valence-electron chi connectivity index (χ3n) is 4.29. The number of halogens is 1. The summed E-state index contributed by atoms with van der Waals surface area (Å²) in [6.07, 6.45) is 1.73. The first-order valence-corrected chi connectivity index (χ1v) is 10.4. The Morgan fingerprint density at radius 3 is 2.80 bits per heavy atom. The van der Waals surface area contributed by atoms with Gasteiger partial charge < -0.3 is 4.90 Å². The van der Waals surface area contributed by atoms with Gasteiger partial charge in [-0.2, -0.15) is 16.1 Å². The van der Waals surface area contributed by atoms with Gasteiger partial charge in [0, 0.05) is 6.54 Å². The minimum Gasteiger partial charge on any atom is -0.334 e. The summed E-state index contributed by atoms with van der Waals surface area (Å²) in [4.78, 5) is 14.0. The van der Waals surface area contributed by atoms with Gasteiger partial charge >= 0.3 is 0 Å². The van der Waals surface area contributed by atoms with Gasteiger partial charge in [-0.1, -0.05) is 12.1 Å². The normalized spacial score (nSPS) is 19.1. The predicted octanol–water partition coefficient (Wildman–Crippen LogP) is 2.92. The van der Waals surface area contributed by atoms with E-state index in [1.54, 1.807) is 16.2 Å². The number of thiophene rings is 1. The van der Waals surface area contributed by atoms with Crippen LogP contribution >= 0.6 is 11.3 Å². The molecule has 1 aliphatic rings. The van der Waals surface area contributed by atoms with E-state index in [0.717, 1.165) is 24.5 Å². The summed E-state index contributed by atoms with van der Waals surface area (Å²) in [7, 11) is -4.11. The quantitative estimate of drug-likeness (QED) is 0.865. The highest BCUT2D eigenvalue weighted by molar-refractivity contribution is 7.89. The molecule has 5 nitrogen and oxygen atoms in total. The van der Waals surface area contributed by atoms with E-state index in [-0.39, 0.29) is 11.9 Å². The third kappa shape index (κ3) is 3.75. The zero-order valence-corrected chi connectivity index (χ0v) is 15.3. The summed E-state index contributed by atoms with van der Waals surface area (Å²) in [6, 6.07) is 6.10. The summed E-state index contributed by atoms with van der Waals surface area (Å²) in [5, 5.41) is 3.96. The minimum atomic E-state index is -4.11. The van der Waals surface area contributed by atoms with Crippen molar-refractivity contribution in [1.82, 2.24) is 9.62 Å². The first kappa shape index (κ1) is 18.0. The molecular weight excluding hydrogens is 363 g/mol. The van der Waals surface area contributed by atoms with Crippen LogP contribution in [-0.2, 0) is 14.8 Å². The number of hydrogen-bond donors (Lipinski definition) is 1. The minimum absolute atomic E-state index is 0.0286. The van der Waals surface area contributed by atoms with E-state index in [4.69, 9.17) is 0 Å². The molecule has 0 spiro atoms. The van der Waals surface area contributed by atoms with Gasteiger partial charge in [0.05, 0.1) is 12.1 Å². The topological polar surface area (TPSA) is 66.5 Å². The van der Waals surface area contributed by atoms with Crippen molar-refractivity contribution in [2.45, 2.75) is 36.7 Å². The molecule has 1 aromatic heterocycles. The van der Waals surface area contributed by atoms with Crippen LogP contribution in [0.3, 0.4) is 0 Å². The molecule has 0 saturated carbocycles. The number of hydrogen-bond acceptors (Lipinski definition) is 4. The van der Waals surface area contributed by atoms with Crippen LogP contribution in [0.2, 0.25) is 0 Å². The van der Waals surface area contributed by atoms with E-state index in [1.165, 1.54) is 25.1 Å². The fourth-order valence-electron chi connectivity index (χ4n) is 3.10. The van der Waals surface area contributed by atoms with Crippen molar-refractivity contribution >= 4 is 27.3 Å². The van der Waals surface area contributed by atoms with Crippen molar-refractivity contribution in [3.63, 3.8) is 0 Å². The van der Waals surface area contributed by atoms with E-state index >= 15 is 0 Å². The highest BCUT2D eigenvalue weighted by atomic mass is 32.2. The highest BCUT2D eigenvalue weighted by Crippen LogP contribution is 2.33. The lowest BCUT2D eigenvalue weighted by molar-refractivity contribution is -0.133. The fourth-order valence-corrected chi connectivity index (χ4v) is 5.08. The van der Waals surface area contributed by atoms with Crippen LogP contribution in [0.5, 0.6) is 0 Å². The zero-order valence-electron chi connectivity index (χ0n) is 13.7. The lowest BCUT2D eigenvalue weighted by Gasteiger charge is -2.27. The molecule has 1 aliphatic heterocycles. The van der Waals surface area contributed by atoms with Crippen LogP contribution in [0.4, 0.5) is 4.39 Å². The number of nitrogens with one attached hydrogen (secondary N) is 1. The SMILES string of the molecule is C[C@@H](NS(=O)(=O)c1ccccc1F)C(=O)N1CCCC1c1ccsc1. The Hall–Kier alpha value is -1.77. The molecule has 1 unspecified atom stereocenters. The number of likely N-dealkylation sites (tertiary alicyclic amines) is 1. The monoisotopic (exact) mass is 382 g/mol. The van der Waals surface area contributed by atoms with Crippen LogP contribution in [0.1, 0.15) is 31.4 Å². The number of sulfonamides is 1. The van der Waals surface area contributed by atoms with Crippen molar-refractivity contribution in [1.29, 1.82) is 0 Å². The molecule has 0 radical (unpaired) electrons. The van der Waals surface area contributed by atoms with Crippen molar-refractivity contribution in [2.24, 2.45) is 0 Å². The first-order chi connectivity index (χ1) is 11.9. The van der Waals surface area contributed by atoms with Gasteiger partial charge in [0.2, 0.25) is 15.9 Å². The fraction of sp³-hybridized carbons (Fsp3) is 0.353. The number of rotatable bonds is 5. The van der Waals surface area contributed by atoms with E-state index in [9.17, 15) is 17.6 Å². The van der Waals surface area contributed by atoms with Crippen LogP contribution in [0.25, 0.3) is 0 Å². The van der Waals surface area contributed by atoms with Crippen molar-refractivity contribution < 1.29 is 17.6 Å². The van der Waals surface area contributed by atoms with Gasteiger partial charge in [-0.25, -0.2) is 12.8 Å². The second-order valence-corrected chi connectivity index (χ2v) is 8.48. The molecule has 134 valence electrons. The van der Waals surface area contributed by atoms with Crippen LogP contribution < -0.4 is 4.72 Å². The van der Waals surface area contributed by atoms with Gasteiger partial charge in [0.1, 0.15) is 10.7 Å². The molecule has 1 amide bonds. The van der Waals surface area contributed by atoms with E-state index < -0.39 is 26.8 Å². The maximum absolute atomic E-state index is 13.8. The Morgan fingerprint density at radius 1 is 1.36 bits per heavy atom. The first-order valence-electron chi connectivity index (χ1n) is 7.99. The number of nitrogens with zero attached hydrogens (tertiary/aromatic N) is 1. The smallest absolute Gasteiger partial charge is 0.244 e. The van der Waals surface area contributed by atoms with Crippen molar-refractivity contribution in [3.05, 3.63) is 52.5 Å². The molecule has 2 atom stereocenters.